The first-order valence-electron chi connectivity index (χ1n) is 5.58. The minimum absolute atomic E-state index is 0.334. The number of sulfone groups is 1. The lowest BCUT2D eigenvalue weighted by molar-refractivity contribution is -0.137. The van der Waals surface area contributed by atoms with E-state index in [9.17, 15) is 22.0 Å². The Balaban J connectivity index is 2.61. The zero-order valence-electron chi connectivity index (χ0n) is 10.1. The van der Waals surface area contributed by atoms with Crippen LogP contribution in [0.1, 0.15) is 24.8 Å². The second-order valence-corrected chi connectivity index (χ2v) is 6.84. The number of carboxylic acids is 1. The Morgan fingerprint density at radius 3 is 2.37 bits per heavy atom. The maximum absolute atomic E-state index is 14.2. The van der Waals surface area contributed by atoms with Crippen LogP contribution in [0.4, 0.5) is 8.78 Å². The molecule has 0 heterocycles. The summed E-state index contributed by atoms with van der Waals surface area (Å²) in [4.78, 5) is 10.2. The Labute approximate surface area is 109 Å². The van der Waals surface area contributed by atoms with Gasteiger partial charge in [-0.25, -0.2) is 17.2 Å². The number of aliphatic carboxylic acids is 1. The Morgan fingerprint density at radius 2 is 1.95 bits per heavy atom. The maximum atomic E-state index is 14.2. The van der Waals surface area contributed by atoms with Crippen molar-refractivity contribution in [2.45, 2.75) is 29.6 Å². The van der Waals surface area contributed by atoms with Crippen molar-refractivity contribution in [2.24, 2.45) is 0 Å². The van der Waals surface area contributed by atoms with Gasteiger partial charge < -0.3 is 5.11 Å². The van der Waals surface area contributed by atoms with E-state index in [1.807, 2.05) is 0 Å². The zero-order valence-corrected chi connectivity index (χ0v) is 10.9. The number of carboxylic acid groups (broad SMARTS) is 1. The van der Waals surface area contributed by atoms with Crippen molar-refractivity contribution >= 4 is 15.8 Å². The van der Waals surface area contributed by atoms with Crippen LogP contribution in [0.5, 0.6) is 0 Å². The molecule has 0 atom stereocenters. The smallest absolute Gasteiger partial charge is 0.304 e. The molecule has 1 aliphatic rings. The average molecular weight is 290 g/mol. The highest BCUT2D eigenvalue weighted by Gasteiger charge is 2.50. The van der Waals surface area contributed by atoms with Gasteiger partial charge in [-0.2, -0.15) is 0 Å². The highest BCUT2D eigenvalue weighted by Crippen LogP contribution is 2.53. The molecule has 2 rings (SSSR count). The first-order chi connectivity index (χ1) is 8.67. The average Bonchev–Trinajstić information content (AvgIpc) is 2.94. The van der Waals surface area contributed by atoms with E-state index in [1.54, 1.807) is 0 Å². The van der Waals surface area contributed by atoms with Gasteiger partial charge in [0.15, 0.2) is 9.84 Å². The molecule has 1 aliphatic carbocycles. The number of carbonyl (C=O) groups is 1. The third-order valence-electron chi connectivity index (χ3n) is 3.33. The SMILES string of the molecule is CS(=O)(=O)c1ccc(F)c(C2(CC(=O)O)CC2)c1F. The number of benzene rings is 1. The topological polar surface area (TPSA) is 71.4 Å². The fourth-order valence-electron chi connectivity index (χ4n) is 2.26. The van der Waals surface area contributed by atoms with Gasteiger partial charge in [0.25, 0.3) is 0 Å². The highest BCUT2D eigenvalue weighted by atomic mass is 32.2. The number of hydrogen-bond donors (Lipinski definition) is 1. The molecule has 19 heavy (non-hydrogen) atoms. The lowest BCUT2D eigenvalue weighted by atomic mass is 9.91. The summed E-state index contributed by atoms with van der Waals surface area (Å²) < 4.78 is 50.8. The van der Waals surface area contributed by atoms with Crippen molar-refractivity contribution in [3.05, 3.63) is 29.3 Å². The number of rotatable bonds is 4. The van der Waals surface area contributed by atoms with Crippen molar-refractivity contribution in [3.8, 4) is 0 Å². The van der Waals surface area contributed by atoms with Crippen LogP contribution in [0, 0.1) is 11.6 Å². The van der Waals surface area contributed by atoms with Crippen LogP contribution in [0.3, 0.4) is 0 Å². The molecule has 0 bridgehead atoms. The number of hydrogen-bond acceptors (Lipinski definition) is 3. The first kappa shape index (κ1) is 13.9. The Morgan fingerprint density at radius 1 is 1.37 bits per heavy atom. The normalized spacial score (nSPS) is 17.2. The van der Waals surface area contributed by atoms with E-state index in [0.717, 1.165) is 18.4 Å². The molecular weight excluding hydrogens is 278 g/mol. The summed E-state index contributed by atoms with van der Waals surface area (Å²) in [5, 5.41) is 8.80. The van der Waals surface area contributed by atoms with Crippen LogP contribution < -0.4 is 0 Å². The lowest BCUT2D eigenvalue weighted by Crippen LogP contribution is -2.18. The van der Waals surface area contributed by atoms with E-state index in [4.69, 9.17) is 5.11 Å². The summed E-state index contributed by atoms with van der Waals surface area (Å²) in [6.45, 7) is 0. The maximum Gasteiger partial charge on any atom is 0.304 e. The van der Waals surface area contributed by atoms with Crippen LogP contribution >= 0.6 is 0 Å². The summed E-state index contributed by atoms with van der Waals surface area (Å²) in [6.07, 6.45) is 1.08. The second kappa shape index (κ2) is 4.26. The van der Waals surface area contributed by atoms with E-state index < -0.39 is 49.7 Å². The molecule has 0 aromatic heterocycles. The molecule has 0 saturated heterocycles. The van der Waals surface area contributed by atoms with Gasteiger partial charge in [0, 0.05) is 17.2 Å². The highest BCUT2D eigenvalue weighted by molar-refractivity contribution is 7.90. The van der Waals surface area contributed by atoms with Crippen LogP contribution in [0.15, 0.2) is 17.0 Å². The molecule has 7 heteroatoms. The summed E-state index contributed by atoms with van der Waals surface area (Å²) in [5.74, 6) is -3.23. The van der Waals surface area contributed by atoms with Gasteiger partial charge in [-0.3, -0.25) is 4.79 Å². The van der Waals surface area contributed by atoms with Gasteiger partial charge in [-0.05, 0) is 25.0 Å². The van der Waals surface area contributed by atoms with Gasteiger partial charge in [0.05, 0.1) is 6.42 Å². The van der Waals surface area contributed by atoms with E-state index >= 15 is 0 Å². The Bertz CT molecular complexity index is 648. The summed E-state index contributed by atoms with van der Waals surface area (Å²) in [5.41, 5.74) is -1.53. The molecule has 104 valence electrons. The largest absolute Gasteiger partial charge is 0.481 e. The molecule has 0 spiro atoms. The van der Waals surface area contributed by atoms with Crippen molar-refractivity contribution in [1.82, 2.24) is 0 Å². The van der Waals surface area contributed by atoms with E-state index in [1.165, 1.54) is 0 Å². The zero-order chi connectivity index (χ0) is 14.4. The van der Waals surface area contributed by atoms with Crippen LogP contribution in [-0.2, 0) is 20.0 Å². The molecule has 0 aliphatic heterocycles. The molecular formula is C12H12F2O4S. The van der Waals surface area contributed by atoms with Crippen molar-refractivity contribution in [1.29, 1.82) is 0 Å². The minimum Gasteiger partial charge on any atom is -0.481 e. The van der Waals surface area contributed by atoms with E-state index in [0.29, 0.717) is 12.8 Å². The standard InChI is InChI=1S/C12H12F2O4S/c1-19(17,18)8-3-2-7(13)10(11(8)14)12(4-5-12)6-9(15)16/h2-3H,4-6H2,1H3,(H,15,16). The van der Waals surface area contributed by atoms with Crippen molar-refractivity contribution in [3.63, 3.8) is 0 Å². The summed E-state index contributed by atoms with van der Waals surface area (Å²) in [7, 11) is -3.82. The van der Waals surface area contributed by atoms with Crippen LogP contribution in [-0.4, -0.2) is 25.7 Å². The quantitative estimate of drug-likeness (QED) is 0.859. The predicted molar refractivity (Wildman–Crippen MR) is 62.6 cm³/mol. The fourth-order valence-corrected chi connectivity index (χ4v) is 3.00. The molecule has 4 nitrogen and oxygen atoms in total. The van der Waals surface area contributed by atoms with Gasteiger partial charge in [-0.15, -0.1) is 0 Å². The van der Waals surface area contributed by atoms with E-state index in [2.05, 4.69) is 0 Å². The second-order valence-electron chi connectivity index (χ2n) is 4.86. The van der Waals surface area contributed by atoms with Gasteiger partial charge in [0.1, 0.15) is 16.5 Å². The fraction of sp³-hybridized carbons (Fsp3) is 0.417. The van der Waals surface area contributed by atoms with Crippen molar-refractivity contribution in [2.75, 3.05) is 6.26 Å². The third kappa shape index (κ3) is 2.47. The third-order valence-corrected chi connectivity index (χ3v) is 4.44. The van der Waals surface area contributed by atoms with Crippen LogP contribution in [0.25, 0.3) is 0 Å². The number of halogens is 2. The van der Waals surface area contributed by atoms with Crippen molar-refractivity contribution < 1.29 is 27.1 Å². The molecule has 1 fully saturated rings. The molecule has 1 aromatic rings. The lowest BCUT2D eigenvalue weighted by Gasteiger charge is -2.16. The molecule has 1 N–H and O–H groups in total. The molecule has 1 aromatic carbocycles. The Hall–Kier alpha value is -1.50. The molecule has 0 radical (unpaired) electrons. The predicted octanol–water partition coefficient (Wildman–Crippen LogP) is 1.87. The molecule has 0 unspecified atom stereocenters. The van der Waals surface area contributed by atoms with Gasteiger partial charge in [0.2, 0.25) is 0 Å². The minimum atomic E-state index is -3.82. The molecule has 1 saturated carbocycles. The molecule has 0 amide bonds. The summed E-state index contributed by atoms with van der Waals surface area (Å²) in [6, 6.07) is 1.73. The summed E-state index contributed by atoms with van der Waals surface area (Å²) >= 11 is 0. The monoisotopic (exact) mass is 290 g/mol. The van der Waals surface area contributed by atoms with E-state index in [-0.39, 0.29) is 0 Å². The Kier molecular flexibility index (Phi) is 3.12. The van der Waals surface area contributed by atoms with Gasteiger partial charge in [-0.1, -0.05) is 0 Å². The first-order valence-corrected chi connectivity index (χ1v) is 7.47. The van der Waals surface area contributed by atoms with Crippen LogP contribution in [0.2, 0.25) is 0 Å². The van der Waals surface area contributed by atoms with Gasteiger partial charge >= 0.3 is 5.97 Å².